The molecule has 1 aliphatic carbocycles. The maximum Gasteiger partial charge on any atom is 0.214 e. The number of rotatable bonds is 6. The average Bonchev–Trinajstić information content (AvgIpc) is 2.95. The molecule has 0 aromatic heterocycles. The van der Waals surface area contributed by atoms with Gasteiger partial charge in [0.15, 0.2) is 0 Å². The van der Waals surface area contributed by atoms with Crippen LogP contribution in [0, 0.1) is 5.92 Å². The molecule has 1 heterocycles. The third-order valence-corrected chi connectivity index (χ3v) is 4.68. The van der Waals surface area contributed by atoms with Crippen molar-refractivity contribution in [2.75, 3.05) is 18.9 Å². The van der Waals surface area contributed by atoms with Gasteiger partial charge in [0, 0.05) is 19.2 Å². The summed E-state index contributed by atoms with van der Waals surface area (Å²) in [6.45, 7) is 1.07. The Morgan fingerprint density at radius 1 is 1.38 bits per heavy atom. The highest BCUT2D eigenvalue weighted by Crippen LogP contribution is 2.32. The predicted octanol–water partition coefficient (Wildman–Crippen LogP) is -0.178. The van der Waals surface area contributed by atoms with Crippen LogP contribution in [0.25, 0.3) is 0 Å². The zero-order valence-corrected chi connectivity index (χ0v) is 10.2. The van der Waals surface area contributed by atoms with Crippen LogP contribution in [0.4, 0.5) is 0 Å². The molecule has 0 aromatic carbocycles. The summed E-state index contributed by atoms with van der Waals surface area (Å²) in [6, 6.07) is -0.0774. The minimum absolute atomic E-state index is 0.0774. The molecular weight excluding hydrogens is 228 g/mol. The highest BCUT2D eigenvalue weighted by Gasteiger charge is 2.34. The summed E-state index contributed by atoms with van der Waals surface area (Å²) >= 11 is 0. The van der Waals surface area contributed by atoms with Crippen LogP contribution in [-0.4, -0.2) is 39.5 Å². The van der Waals surface area contributed by atoms with Crippen molar-refractivity contribution < 1.29 is 13.2 Å². The van der Waals surface area contributed by atoms with Gasteiger partial charge in [0.05, 0.1) is 11.9 Å². The van der Waals surface area contributed by atoms with Gasteiger partial charge in [0.1, 0.15) is 0 Å². The van der Waals surface area contributed by atoms with Gasteiger partial charge in [-0.15, -0.1) is 0 Å². The number of hydrogen-bond acceptors (Lipinski definition) is 4. The summed E-state index contributed by atoms with van der Waals surface area (Å²) in [6.07, 6.45) is 3.85. The van der Waals surface area contributed by atoms with Crippen LogP contribution in [0.1, 0.15) is 25.7 Å². The molecular formula is C10H20N2O3S. The van der Waals surface area contributed by atoms with Crippen LogP contribution < -0.4 is 10.5 Å². The molecule has 94 valence electrons. The van der Waals surface area contributed by atoms with Crippen LogP contribution in [0.15, 0.2) is 0 Å². The molecule has 2 fully saturated rings. The summed E-state index contributed by atoms with van der Waals surface area (Å²) < 4.78 is 31.7. The minimum Gasteiger partial charge on any atom is -0.377 e. The molecule has 1 aliphatic heterocycles. The van der Waals surface area contributed by atoms with Crippen molar-refractivity contribution in [3.63, 3.8) is 0 Å². The number of nitrogens with one attached hydrogen (secondary N) is 1. The third-order valence-electron chi connectivity index (χ3n) is 3.21. The summed E-state index contributed by atoms with van der Waals surface area (Å²) in [7, 11) is -3.24. The smallest absolute Gasteiger partial charge is 0.214 e. The van der Waals surface area contributed by atoms with Crippen molar-refractivity contribution in [2.24, 2.45) is 11.7 Å². The zero-order valence-electron chi connectivity index (χ0n) is 9.39. The van der Waals surface area contributed by atoms with Crippen LogP contribution in [-0.2, 0) is 14.8 Å². The third kappa shape index (κ3) is 3.41. The Morgan fingerprint density at radius 2 is 2.12 bits per heavy atom. The lowest BCUT2D eigenvalue weighted by atomic mass is 10.2. The van der Waals surface area contributed by atoms with Gasteiger partial charge < -0.3 is 10.5 Å². The first kappa shape index (κ1) is 12.3. The van der Waals surface area contributed by atoms with Crippen LogP contribution >= 0.6 is 0 Å². The molecule has 2 atom stereocenters. The zero-order chi connectivity index (χ0) is 11.6. The van der Waals surface area contributed by atoms with E-state index in [2.05, 4.69) is 4.72 Å². The first-order chi connectivity index (χ1) is 7.61. The normalized spacial score (nSPS) is 28.2. The van der Waals surface area contributed by atoms with Gasteiger partial charge in [0.25, 0.3) is 0 Å². The number of ether oxygens (including phenoxy) is 1. The molecule has 1 saturated carbocycles. The van der Waals surface area contributed by atoms with Gasteiger partial charge in [-0.2, -0.15) is 0 Å². The molecule has 16 heavy (non-hydrogen) atoms. The van der Waals surface area contributed by atoms with Crippen molar-refractivity contribution >= 4 is 10.0 Å². The second-order valence-corrected chi connectivity index (χ2v) is 6.51. The summed E-state index contributed by atoms with van der Waals surface area (Å²) in [5.41, 5.74) is 5.57. The summed E-state index contributed by atoms with van der Waals surface area (Å²) in [5.74, 6) is 0.528. The van der Waals surface area contributed by atoms with Gasteiger partial charge in [-0.1, -0.05) is 0 Å². The van der Waals surface area contributed by atoms with E-state index in [0.717, 1.165) is 25.7 Å². The van der Waals surface area contributed by atoms with Gasteiger partial charge in [-0.05, 0) is 31.6 Å². The Labute approximate surface area is 96.8 Å². The quantitative estimate of drug-likeness (QED) is 0.683. The van der Waals surface area contributed by atoms with E-state index in [-0.39, 0.29) is 17.9 Å². The molecule has 2 rings (SSSR count). The van der Waals surface area contributed by atoms with Gasteiger partial charge in [-0.3, -0.25) is 0 Å². The predicted molar refractivity (Wildman–Crippen MR) is 61.5 cm³/mol. The highest BCUT2D eigenvalue weighted by atomic mass is 32.2. The van der Waals surface area contributed by atoms with E-state index in [4.69, 9.17) is 10.5 Å². The van der Waals surface area contributed by atoms with E-state index >= 15 is 0 Å². The van der Waals surface area contributed by atoms with Gasteiger partial charge in [-0.25, -0.2) is 13.1 Å². The highest BCUT2D eigenvalue weighted by molar-refractivity contribution is 7.89. The summed E-state index contributed by atoms with van der Waals surface area (Å²) in [4.78, 5) is 0. The number of hydrogen-bond donors (Lipinski definition) is 2. The first-order valence-electron chi connectivity index (χ1n) is 5.92. The van der Waals surface area contributed by atoms with Crippen molar-refractivity contribution in [3.8, 4) is 0 Å². The maximum atomic E-state index is 11.8. The Morgan fingerprint density at radius 3 is 2.62 bits per heavy atom. The fraction of sp³-hybridized carbons (Fsp3) is 1.00. The summed E-state index contributed by atoms with van der Waals surface area (Å²) in [5, 5.41) is 0. The Balaban J connectivity index is 1.85. The Bertz CT molecular complexity index is 321. The van der Waals surface area contributed by atoms with Crippen LogP contribution in [0.5, 0.6) is 0 Å². The largest absolute Gasteiger partial charge is 0.377 e. The van der Waals surface area contributed by atoms with Crippen molar-refractivity contribution in [1.29, 1.82) is 0 Å². The molecule has 2 aliphatic rings. The molecule has 6 heteroatoms. The lowest BCUT2D eigenvalue weighted by molar-refractivity contribution is 0.127. The SMILES string of the molecule is NCC(NS(=O)(=O)CC1CCCO1)C1CC1. The topological polar surface area (TPSA) is 81.4 Å². The standard InChI is InChI=1S/C10H20N2O3S/c11-6-10(8-3-4-8)12-16(13,14)7-9-2-1-5-15-9/h8-10,12H,1-7,11H2. The van der Waals surface area contributed by atoms with Gasteiger partial charge >= 0.3 is 0 Å². The van der Waals surface area contributed by atoms with Crippen LogP contribution in [0.2, 0.25) is 0 Å². The Kier molecular flexibility index (Phi) is 3.84. The van der Waals surface area contributed by atoms with Gasteiger partial charge in [0.2, 0.25) is 10.0 Å². The van der Waals surface area contributed by atoms with Crippen molar-refractivity contribution in [3.05, 3.63) is 0 Å². The van der Waals surface area contributed by atoms with E-state index < -0.39 is 10.0 Å². The van der Waals surface area contributed by atoms with E-state index in [1.165, 1.54) is 0 Å². The molecule has 1 saturated heterocycles. The van der Waals surface area contributed by atoms with E-state index in [1.54, 1.807) is 0 Å². The molecule has 0 radical (unpaired) electrons. The molecule has 0 amide bonds. The number of sulfonamides is 1. The molecule has 0 aromatic rings. The average molecular weight is 248 g/mol. The molecule has 3 N–H and O–H groups in total. The van der Waals surface area contributed by atoms with Crippen LogP contribution in [0.3, 0.4) is 0 Å². The van der Waals surface area contributed by atoms with Crippen molar-refractivity contribution in [2.45, 2.75) is 37.8 Å². The maximum absolute atomic E-state index is 11.8. The number of nitrogens with two attached hydrogens (primary N) is 1. The fourth-order valence-electron chi connectivity index (χ4n) is 2.13. The van der Waals surface area contributed by atoms with Crippen molar-refractivity contribution in [1.82, 2.24) is 4.72 Å². The molecule has 0 bridgehead atoms. The monoisotopic (exact) mass is 248 g/mol. The lowest BCUT2D eigenvalue weighted by Gasteiger charge is -2.17. The molecule has 2 unspecified atom stereocenters. The second-order valence-electron chi connectivity index (χ2n) is 4.71. The lowest BCUT2D eigenvalue weighted by Crippen LogP contribution is -2.44. The van der Waals surface area contributed by atoms with E-state index in [1.807, 2.05) is 0 Å². The fourth-order valence-corrected chi connectivity index (χ4v) is 3.73. The van der Waals surface area contributed by atoms with E-state index in [9.17, 15) is 8.42 Å². The Hall–Kier alpha value is -0.170. The second kappa shape index (κ2) is 5.00. The molecule has 5 nitrogen and oxygen atoms in total. The van der Waals surface area contributed by atoms with E-state index in [0.29, 0.717) is 19.1 Å². The molecule has 0 spiro atoms. The minimum atomic E-state index is -3.24. The first-order valence-corrected chi connectivity index (χ1v) is 7.57.